The molecule has 0 bridgehead atoms. The molecule has 0 saturated carbocycles. The van der Waals surface area contributed by atoms with Crippen molar-refractivity contribution >= 4 is 22.4 Å². The van der Waals surface area contributed by atoms with E-state index >= 15 is 0 Å². The minimum Gasteiger partial charge on any atom is -0.365 e. The molecule has 0 spiro atoms. The number of hydrogen-bond donors (Lipinski definition) is 1. The van der Waals surface area contributed by atoms with Gasteiger partial charge in [0.15, 0.2) is 5.13 Å². The van der Waals surface area contributed by atoms with Crippen LogP contribution in [0.3, 0.4) is 0 Å². The van der Waals surface area contributed by atoms with E-state index in [-0.39, 0.29) is 5.91 Å². The van der Waals surface area contributed by atoms with Crippen molar-refractivity contribution in [2.75, 3.05) is 11.9 Å². The molecule has 4 nitrogen and oxygen atoms in total. The summed E-state index contributed by atoms with van der Waals surface area (Å²) in [6.07, 6.45) is 8.27. The molecule has 5 heteroatoms. The maximum Gasteiger partial charge on any atom is 0.255 e. The van der Waals surface area contributed by atoms with Crippen molar-refractivity contribution in [1.29, 1.82) is 0 Å². The van der Waals surface area contributed by atoms with E-state index in [9.17, 15) is 4.79 Å². The van der Waals surface area contributed by atoms with Crippen LogP contribution < -0.4 is 5.32 Å². The van der Waals surface area contributed by atoms with Crippen molar-refractivity contribution in [3.8, 4) is 0 Å². The molecule has 0 saturated heterocycles. The number of rotatable bonds is 5. The standard InChI is InChI=1S/C15H22N2O2S/c1-3-10-19-11(2)14(18)17-15-16-12-8-6-4-5-7-9-13(12)20-15/h3,11H,1,4-10H2,2H3,(H,16,17,18). The van der Waals surface area contributed by atoms with Gasteiger partial charge in [-0.2, -0.15) is 0 Å². The Morgan fingerprint density at radius 1 is 1.45 bits per heavy atom. The molecule has 1 N–H and O–H groups in total. The number of carbonyl (C=O) groups excluding carboxylic acids is 1. The molecular formula is C15H22N2O2S. The van der Waals surface area contributed by atoms with Crippen molar-refractivity contribution in [2.24, 2.45) is 0 Å². The van der Waals surface area contributed by atoms with Gasteiger partial charge in [-0.3, -0.25) is 10.1 Å². The average molecular weight is 294 g/mol. The third kappa shape index (κ3) is 4.15. The molecule has 20 heavy (non-hydrogen) atoms. The summed E-state index contributed by atoms with van der Waals surface area (Å²) in [5.74, 6) is -0.145. The number of hydrogen-bond acceptors (Lipinski definition) is 4. The van der Waals surface area contributed by atoms with Crippen LogP contribution in [0.15, 0.2) is 12.7 Å². The molecule has 110 valence electrons. The highest BCUT2D eigenvalue weighted by molar-refractivity contribution is 7.15. The fourth-order valence-electron chi connectivity index (χ4n) is 2.25. The number of nitrogens with zero attached hydrogens (tertiary/aromatic N) is 1. The zero-order valence-electron chi connectivity index (χ0n) is 12.0. The number of carbonyl (C=O) groups is 1. The summed E-state index contributed by atoms with van der Waals surface area (Å²) in [6.45, 7) is 5.69. The van der Waals surface area contributed by atoms with Crippen LogP contribution in [0.1, 0.15) is 43.2 Å². The first-order valence-corrected chi connectivity index (χ1v) is 8.04. The van der Waals surface area contributed by atoms with Crippen LogP contribution in [0.25, 0.3) is 0 Å². The van der Waals surface area contributed by atoms with Gasteiger partial charge < -0.3 is 4.74 Å². The Kier molecular flexibility index (Phi) is 5.73. The summed E-state index contributed by atoms with van der Waals surface area (Å²) in [6, 6.07) is 0. The Bertz CT molecular complexity index is 445. The lowest BCUT2D eigenvalue weighted by Gasteiger charge is -2.10. The van der Waals surface area contributed by atoms with Crippen LogP contribution in [0, 0.1) is 0 Å². The summed E-state index contributed by atoms with van der Waals surface area (Å²) < 4.78 is 5.31. The molecule has 1 aromatic rings. The van der Waals surface area contributed by atoms with Crippen molar-refractivity contribution in [1.82, 2.24) is 4.98 Å². The molecule has 1 aliphatic carbocycles. The lowest BCUT2D eigenvalue weighted by molar-refractivity contribution is -0.125. The van der Waals surface area contributed by atoms with Gasteiger partial charge in [-0.25, -0.2) is 4.98 Å². The summed E-state index contributed by atoms with van der Waals surface area (Å²) in [5.41, 5.74) is 1.17. The fourth-order valence-corrected chi connectivity index (χ4v) is 3.31. The highest BCUT2D eigenvalue weighted by Crippen LogP contribution is 2.28. The van der Waals surface area contributed by atoms with Crippen molar-refractivity contribution in [3.63, 3.8) is 0 Å². The average Bonchev–Trinajstić information content (AvgIpc) is 2.77. The van der Waals surface area contributed by atoms with E-state index in [0.29, 0.717) is 11.7 Å². The first-order chi connectivity index (χ1) is 9.70. The monoisotopic (exact) mass is 294 g/mol. The summed E-state index contributed by atoms with van der Waals surface area (Å²) in [4.78, 5) is 17.9. The van der Waals surface area contributed by atoms with E-state index in [4.69, 9.17) is 4.74 Å². The van der Waals surface area contributed by atoms with Crippen LogP contribution >= 0.6 is 11.3 Å². The van der Waals surface area contributed by atoms with Crippen LogP contribution in [0.2, 0.25) is 0 Å². The van der Waals surface area contributed by atoms with Gasteiger partial charge >= 0.3 is 0 Å². The number of aryl methyl sites for hydroxylation is 2. The SMILES string of the molecule is C=CCOC(C)C(=O)Nc1nc2c(s1)CCCCCC2. The van der Waals surface area contributed by atoms with Crippen LogP contribution in [0.4, 0.5) is 5.13 Å². The second-order valence-corrected chi connectivity index (χ2v) is 6.14. The molecule has 1 heterocycles. The summed E-state index contributed by atoms with van der Waals surface area (Å²) >= 11 is 1.61. The van der Waals surface area contributed by atoms with Gasteiger partial charge in [-0.1, -0.05) is 18.9 Å². The Balaban J connectivity index is 1.97. The zero-order chi connectivity index (χ0) is 14.4. The topological polar surface area (TPSA) is 51.2 Å². The zero-order valence-corrected chi connectivity index (χ0v) is 12.8. The van der Waals surface area contributed by atoms with Gasteiger partial charge in [-0.15, -0.1) is 17.9 Å². The van der Waals surface area contributed by atoms with Crippen LogP contribution in [-0.4, -0.2) is 23.6 Å². The molecule has 0 aliphatic heterocycles. The molecule has 0 aromatic carbocycles. The van der Waals surface area contributed by atoms with Crippen molar-refractivity contribution in [3.05, 3.63) is 23.2 Å². The summed E-state index contributed by atoms with van der Waals surface area (Å²) in [7, 11) is 0. The van der Waals surface area contributed by atoms with Gasteiger partial charge in [0.1, 0.15) is 6.10 Å². The second kappa shape index (κ2) is 7.55. The molecule has 1 aromatic heterocycles. The smallest absolute Gasteiger partial charge is 0.255 e. The van der Waals surface area contributed by atoms with Crippen LogP contribution in [-0.2, 0) is 22.4 Å². The van der Waals surface area contributed by atoms with Crippen LogP contribution in [0.5, 0.6) is 0 Å². The van der Waals surface area contributed by atoms with E-state index in [2.05, 4.69) is 16.9 Å². The van der Waals surface area contributed by atoms with Crippen molar-refractivity contribution in [2.45, 2.75) is 51.6 Å². The molecule has 0 fully saturated rings. The van der Waals surface area contributed by atoms with Gasteiger partial charge in [0.2, 0.25) is 0 Å². The van der Waals surface area contributed by atoms with Gasteiger partial charge in [-0.05, 0) is 32.6 Å². The number of fused-ring (bicyclic) bond motifs is 1. The predicted molar refractivity (Wildman–Crippen MR) is 82.2 cm³/mol. The third-order valence-corrected chi connectivity index (χ3v) is 4.48. The minimum atomic E-state index is -0.487. The second-order valence-electron chi connectivity index (χ2n) is 5.06. The maximum atomic E-state index is 12.0. The Hall–Kier alpha value is -1.20. The fraction of sp³-hybridized carbons (Fsp3) is 0.600. The molecule has 1 aliphatic rings. The van der Waals surface area contributed by atoms with Gasteiger partial charge in [0, 0.05) is 4.88 Å². The van der Waals surface area contributed by atoms with E-state index < -0.39 is 6.10 Å². The van der Waals surface area contributed by atoms with Gasteiger partial charge in [0.25, 0.3) is 5.91 Å². The number of nitrogens with one attached hydrogen (secondary N) is 1. The number of amides is 1. The van der Waals surface area contributed by atoms with E-state index in [1.807, 2.05) is 0 Å². The number of aromatic nitrogens is 1. The Labute approximate surface area is 124 Å². The molecule has 2 rings (SSSR count). The Morgan fingerprint density at radius 3 is 2.95 bits per heavy atom. The highest BCUT2D eigenvalue weighted by Gasteiger charge is 2.17. The molecular weight excluding hydrogens is 272 g/mol. The van der Waals surface area contributed by atoms with E-state index in [1.165, 1.54) is 36.3 Å². The molecule has 1 amide bonds. The third-order valence-electron chi connectivity index (χ3n) is 3.41. The lowest BCUT2D eigenvalue weighted by Crippen LogP contribution is -2.27. The largest absolute Gasteiger partial charge is 0.365 e. The first kappa shape index (κ1) is 15.2. The number of ether oxygens (including phenoxy) is 1. The predicted octanol–water partition coefficient (Wildman–Crippen LogP) is 3.33. The minimum absolute atomic E-state index is 0.145. The normalized spacial score (nSPS) is 16.6. The molecule has 1 unspecified atom stereocenters. The van der Waals surface area contributed by atoms with Crippen molar-refractivity contribution < 1.29 is 9.53 Å². The highest BCUT2D eigenvalue weighted by atomic mass is 32.1. The molecule has 0 radical (unpaired) electrons. The summed E-state index contributed by atoms with van der Waals surface area (Å²) in [5, 5.41) is 3.56. The Morgan fingerprint density at radius 2 is 2.20 bits per heavy atom. The van der Waals surface area contributed by atoms with E-state index in [1.54, 1.807) is 24.3 Å². The van der Waals surface area contributed by atoms with E-state index in [0.717, 1.165) is 12.8 Å². The van der Waals surface area contributed by atoms with Gasteiger partial charge in [0.05, 0.1) is 12.3 Å². The number of thiazole rings is 1. The quantitative estimate of drug-likeness (QED) is 0.847. The lowest BCUT2D eigenvalue weighted by atomic mass is 10.0. The maximum absolute atomic E-state index is 12.0. The molecule has 1 atom stereocenters. The first-order valence-electron chi connectivity index (χ1n) is 7.22. The number of anilines is 1.